The monoisotopic (exact) mass is 818 g/mol. The Bertz CT molecular complexity index is 2140. The summed E-state index contributed by atoms with van der Waals surface area (Å²) in [6, 6.07) is 33.3. The summed E-state index contributed by atoms with van der Waals surface area (Å²) >= 11 is 0. The van der Waals surface area contributed by atoms with Crippen LogP contribution in [0.1, 0.15) is 152 Å². The summed E-state index contributed by atoms with van der Waals surface area (Å²) in [6.07, 6.45) is 0. The van der Waals surface area contributed by atoms with Crippen molar-refractivity contribution in [2.24, 2.45) is 0 Å². The van der Waals surface area contributed by atoms with E-state index in [1.54, 1.807) is 0 Å². The van der Waals surface area contributed by atoms with Gasteiger partial charge in [-0.15, -0.1) is 5.69 Å². The Morgan fingerprint density at radius 2 is 0.661 bits per heavy atom. The van der Waals surface area contributed by atoms with Gasteiger partial charge < -0.3 is 20.1 Å². The normalized spacial score (nSPS) is 12.2. The van der Waals surface area contributed by atoms with Crippen molar-refractivity contribution in [2.45, 2.75) is 145 Å². The smallest absolute Gasteiger partial charge is 0.698 e. The summed E-state index contributed by atoms with van der Waals surface area (Å²) in [4.78, 5) is 8.31. The van der Waals surface area contributed by atoms with E-state index >= 15 is 0 Å². The molecule has 0 bridgehead atoms. The van der Waals surface area contributed by atoms with Gasteiger partial charge in [-0.25, -0.2) is 0 Å². The number of hydrogen-bond acceptors (Lipinski definition) is 3. The van der Waals surface area contributed by atoms with Crippen LogP contribution < -0.4 is 39.2 Å². The van der Waals surface area contributed by atoms with Crippen LogP contribution in [0.25, 0.3) is 27.7 Å². The molecule has 1 heterocycles. The second kappa shape index (κ2) is 19.4. The van der Waals surface area contributed by atoms with Crippen LogP contribution in [-0.4, -0.2) is 16.5 Å². The van der Waals surface area contributed by atoms with E-state index in [0.29, 0.717) is 35.5 Å². The van der Waals surface area contributed by atoms with E-state index in [-0.39, 0.29) is 18.9 Å². The molecule has 0 aliphatic heterocycles. The van der Waals surface area contributed by atoms with Crippen LogP contribution in [0.3, 0.4) is 0 Å². The SMILES string of the molecule is CC(C)c1cccc(C(C)C)c1N[Si](C)(C)c1cccc2c1oc1c([Si](C)(C)Nc3c(C(C)C)cccc3C(C)C)cccc12.CC(C)c1cccc(C(C)C)c1[NH-].[Li+]. The van der Waals surface area contributed by atoms with Gasteiger partial charge in [0.2, 0.25) is 0 Å². The van der Waals surface area contributed by atoms with Gasteiger partial charge in [-0.05, 0) is 83.9 Å². The van der Waals surface area contributed by atoms with E-state index in [1.807, 2.05) is 0 Å². The first kappa shape index (κ1) is 48.0. The van der Waals surface area contributed by atoms with Crippen molar-refractivity contribution in [3.8, 4) is 0 Å². The zero-order valence-electron chi connectivity index (χ0n) is 39.5. The molecule has 7 heteroatoms. The Hall–Kier alpha value is -3.67. The van der Waals surface area contributed by atoms with Gasteiger partial charge in [0.1, 0.15) is 11.2 Å². The molecule has 59 heavy (non-hydrogen) atoms. The molecule has 310 valence electrons. The molecule has 0 fully saturated rings. The Morgan fingerprint density at radius 3 is 0.932 bits per heavy atom. The van der Waals surface area contributed by atoms with Crippen molar-refractivity contribution in [2.75, 3.05) is 9.96 Å². The number of anilines is 2. The van der Waals surface area contributed by atoms with Gasteiger partial charge in [-0.3, -0.25) is 0 Å². The number of fused-ring (bicyclic) bond motifs is 3. The third kappa shape index (κ3) is 10.3. The summed E-state index contributed by atoms with van der Waals surface area (Å²) in [6.45, 7) is 36.6. The maximum atomic E-state index is 8.01. The first-order valence-electron chi connectivity index (χ1n) is 21.8. The van der Waals surface area contributed by atoms with Crippen LogP contribution in [0.5, 0.6) is 0 Å². The van der Waals surface area contributed by atoms with E-state index in [9.17, 15) is 0 Å². The Kier molecular flexibility index (Phi) is 15.8. The van der Waals surface area contributed by atoms with Crippen molar-refractivity contribution in [1.82, 2.24) is 0 Å². The molecule has 5 aromatic carbocycles. The second-order valence-corrected chi connectivity index (χ2v) is 27.4. The Morgan fingerprint density at radius 1 is 0.407 bits per heavy atom. The van der Waals surface area contributed by atoms with Crippen LogP contribution in [0, 0.1) is 0 Å². The fourth-order valence-corrected chi connectivity index (χ4v) is 13.1. The summed E-state index contributed by atoms with van der Waals surface area (Å²) in [7, 11) is -4.43. The van der Waals surface area contributed by atoms with Gasteiger partial charge in [0.05, 0.1) is 0 Å². The summed E-state index contributed by atoms with van der Waals surface area (Å²) in [5, 5.41) is 5.05. The van der Waals surface area contributed by atoms with E-state index in [4.69, 9.17) is 10.2 Å². The molecule has 1 aromatic heterocycles. The fourth-order valence-electron chi connectivity index (χ4n) is 8.51. The predicted molar refractivity (Wildman–Crippen MR) is 263 cm³/mol. The molecular weight excluding hydrogens is 746 g/mol. The van der Waals surface area contributed by atoms with Crippen molar-refractivity contribution in [3.63, 3.8) is 0 Å². The quantitative estimate of drug-likeness (QED) is 0.121. The van der Waals surface area contributed by atoms with Crippen LogP contribution in [-0.2, 0) is 0 Å². The minimum absolute atomic E-state index is 0. The number of para-hydroxylation sites is 4. The molecular formula is C52H72LiN3OSi2. The van der Waals surface area contributed by atoms with Crippen LogP contribution in [0.4, 0.5) is 17.1 Å². The van der Waals surface area contributed by atoms with Crippen molar-refractivity contribution in [1.29, 1.82) is 0 Å². The second-order valence-electron chi connectivity index (χ2n) is 19.3. The number of benzene rings is 5. The molecule has 3 N–H and O–H groups in total. The average molecular weight is 818 g/mol. The molecule has 0 amide bonds. The molecule has 0 atom stereocenters. The number of rotatable bonds is 12. The first-order chi connectivity index (χ1) is 27.2. The maximum absolute atomic E-state index is 8.01. The number of furan rings is 1. The van der Waals surface area contributed by atoms with Gasteiger partial charge in [0, 0.05) is 32.5 Å². The molecule has 0 saturated carbocycles. The molecule has 6 rings (SSSR count). The molecule has 0 aliphatic rings. The van der Waals surface area contributed by atoms with Crippen molar-refractivity contribution < 1.29 is 23.3 Å². The molecule has 0 aliphatic carbocycles. The number of hydrogen-bond donors (Lipinski definition) is 2. The fraction of sp³-hybridized carbons (Fsp3) is 0.423. The zero-order chi connectivity index (χ0) is 42.9. The van der Waals surface area contributed by atoms with E-state index in [0.717, 1.165) is 28.0 Å². The van der Waals surface area contributed by atoms with E-state index in [2.05, 4.69) is 210 Å². The molecule has 0 saturated heterocycles. The van der Waals surface area contributed by atoms with Crippen LogP contribution in [0.2, 0.25) is 26.2 Å². The van der Waals surface area contributed by atoms with Crippen molar-refractivity contribution in [3.05, 3.63) is 130 Å². The van der Waals surface area contributed by atoms with Crippen LogP contribution in [0.15, 0.2) is 95.4 Å². The molecule has 4 nitrogen and oxygen atoms in total. The number of nitrogens with one attached hydrogen (secondary N) is 3. The molecule has 0 radical (unpaired) electrons. The van der Waals surface area contributed by atoms with Crippen molar-refractivity contribution >= 4 is 65.8 Å². The summed E-state index contributed by atoms with van der Waals surface area (Å²) < 4.78 is 7.06. The first-order valence-corrected chi connectivity index (χ1v) is 27.8. The summed E-state index contributed by atoms with van der Waals surface area (Å²) in [5.74, 6) is 2.67. The predicted octanol–water partition coefficient (Wildman–Crippen LogP) is 12.7. The maximum Gasteiger partial charge on any atom is 1.00 e. The minimum atomic E-state index is -2.21. The van der Waals surface area contributed by atoms with Gasteiger partial charge in [-0.2, -0.15) is 0 Å². The van der Waals surface area contributed by atoms with Crippen LogP contribution >= 0.6 is 0 Å². The van der Waals surface area contributed by atoms with Gasteiger partial charge in [0.15, 0.2) is 16.5 Å². The third-order valence-corrected chi connectivity index (χ3v) is 17.1. The van der Waals surface area contributed by atoms with E-state index in [1.165, 1.54) is 54.8 Å². The third-order valence-electron chi connectivity index (χ3n) is 11.9. The average Bonchev–Trinajstić information content (AvgIpc) is 3.53. The Balaban J connectivity index is 0.000000469. The van der Waals surface area contributed by atoms with Gasteiger partial charge in [-0.1, -0.05) is 185 Å². The zero-order valence-corrected chi connectivity index (χ0v) is 41.5. The Labute approximate surface area is 371 Å². The largest absolute Gasteiger partial charge is 1.00 e. The topological polar surface area (TPSA) is 61.0 Å². The molecule has 6 aromatic rings. The van der Waals surface area contributed by atoms with E-state index < -0.39 is 16.5 Å². The van der Waals surface area contributed by atoms with Gasteiger partial charge in [0.25, 0.3) is 0 Å². The molecule has 0 spiro atoms. The van der Waals surface area contributed by atoms with Gasteiger partial charge >= 0.3 is 18.9 Å². The minimum Gasteiger partial charge on any atom is -0.698 e. The molecule has 0 unspecified atom stereocenters. The standard InChI is InChI=1S/C40H54N2OSi2.C12H18N.Li/c1-25(2)29-17-13-18-30(26(3)4)37(29)41-44(9,10)35-23-15-21-33-34-22-16-24-36(40(34)43-39(33)35)45(11,12)42-38-31(27(5)6)19-14-20-32(38)28(7)8;1-8(2)10-6-5-7-11(9(3)4)12(10)13;/h13-28,41-42H,1-12H3;5-9,13H,1-4H3;/q;-1;+1. The summed E-state index contributed by atoms with van der Waals surface area (Å²) in [5.41, 5.74) is 21.3.